The van der Waals surface area contributed by atoms with Gasteiger partial charge in [-0.05, 0) is 109 Å². The predicted molar refractivity (Wildman–Crippen MR) is 259 cm³/mol. The molecule has 0 bridgehead atoms. The topological polar surface area (TPSA) is 222 Å². The Hall–Kier alpha value is -6.75. The van der Waals surface area contributed by atoms with Crippen LogP contribution in [0.4, 0.5) is 8.78 Å². The quantitative estimate of drug-likeness (QED) is 0.113. The molecule has 22 heteroatoms. The molecule has 0 spiro atoms. The van der Waals surface area contributed by atoms with Crippen LogP contribution in [0.3, 0.4) is 0 Å². The lowest BCUT2D eigenvalue weighted by Gasteiger charge is -2.18. The van der Waals surface area contributed by atoms with Gasteiger partial charge in [-0.1, -0.05) is 41.9 Å². The molecule has 2 N–H and O–H groups in total. The first-order valence-corrected chi connectivity index (χ1v) is 27.4. The van der Waals surface area contributed by atoms with Crippen molar-refractivity contribution in [3.8, 4) is 11.4 Å². The number of hydrogen-bond acceptors (Lipinski definition) is 12. The highest BCUT2D eigenvalue weighted by Gasteiger charge is 2.24. The summed E-state index contributed by atoms with van der Waals surface area (Å²) in [4.78, 5) is 34.5. The molecule has 358 valence electrons. The molecule has 0 saturated carbocycles. The molecule has 2 amide bonds. The number of halogens is 3. The molecule has 2 atom stereocenters. The Morgan fingerprint density at radius 2 is 0.971 bits per heavy atom. The van der Waals surface area contributed by atoms with E-state index in [0.717, 1.165) is 18.8 Å². The van der Waals surface area contributed by atoms with Crippen molar-refractivity contribution in [2.24, 2.45) is 0 Å². The Balaban J connectivity index is 0.000000205. The average molecular weight is 1060 g/mol. The number of hydrogen-bond donors (Lipinski definition) is 2. The highest BCUT2D eigenvalue weighted by Crippen LogP contribution is 2.30. The van der Waals surface area contributed by atoms with E-state index >= 15 is 0 Å². The second-order valence-corrected chi connectivity index (χ2v) is 22.8. The number of sulfone groups is 3. The van der Waals surface area contributed by atoms with E-state index in [1.165, 1.54) is 83.9 Å². The number of carbonyl (C=O) groups excluding carboxylic acids is 2. The van der Waals surface area contributed by atoms with Crippen LogP contribution >= 0.6 is 15.9 Å². The molecule has 4 aromatic heterocycles. The van der Waals surface area contributed by atoms with E-state index in [9.17, 15) is 43.6 Å². The number of aromatic nitrogens is 6. The molecule has 0 aliphatic heterocycles. The van der Waals surface area contributed by atoms with Crippen molar-refractivity contribution in [2.75, 3.05) is 18.8 Å². The number of fused-ring (bicyclic) bond motifs is 2. The Labute approximate surface area is 404 Å². The van der Waals surface area contributed by atoms with Crippen LogP contribution in [0.1, 0.15) is 70.6 Å². The highest BCUT2D eigenvalue weighted by atomic mass is 79.9. The summed E-state index contributed by atoms with van der Waals surface area (Å²) in [5, 5.41) is 15.5. The Morgan fingerprint density at radius 1 is 0.565 bits per heavy atom. The SMILES string of the molecule is CC[C@H](NC(=O)c1cc(Br)cc2c1cnn2-c1ccc(F)cc1)c1ccc(S(C)(=O)=O)nc1.CC[C@H](NC(=O)c1cc(S(C)(=O)=O)cc2c1cnn2-c1ccc(F)cc1)c1ccc(S(C)(=O)=O)nc1. The minimum Gasteiger partial charge on any atom is -0.345 e. The summed E-state index contributed by atoms with van der Waals surface area (Å²) >= 11 is 3.46. The number of carbonyl (C=O) groups is 2. The van der Waals surface area contributed by atoms with Crippen LogP contribution in [-0.2, 0) is 29.5 Å². The number of nitrogens with one attached hydrogen (secondary N) is 2. The van der Waals surface area contributed by atoms with Crippen molar-refractivity contribution in [1.82, 2.24) is 40.2 Å². The fraction of sp³-hybridized carbons (Fsp3) is 0.191. The average Bonchev–Trinajstić information content (AvgIpc) is 3.94. The molecule has 4 aromatic carbocycles. The largest absolute Gasteiger partial charge is 0.345 e. The minimum absolute atomic E-state index is 0.0191. The first kappa shape index (κ1) is 50.1. The summed E-state index contributed by atoms with van der Waals surface area (Å²) in [6, 6.07) is 22.9. The van der Waals surface area contributed by atoms with E-state index in [4.69, 9.17) is 0 Å². The highest BCUT2D eigenvalue weighted by molar-refractivity contribution is 9.10. The third-order valence-electron chi connectivity index (χ3n) is 10.9. The molecule has 0 unspecified atom stereocenters. The molecule has 4 heterocycles. The van der Waals surface area contributed by atoms with Gasteiger partial charge >= 0.3 is 0 Å². The van der Waals surface area contributed by atoms with Crippen molar-refractivity contribution < 1.29 is 43.6 Å². The zero-order chi connectivity index (χ0) is 50.0. The molecule has 0 radical (unpaired) electrons. The number of amides is 2. The summed E-state index contributed by atoms with van der Waals surface area (Å²) in [5.74, 6) is -1.62. The lowest BCUT2D eigenvalue weighted by atomic mass is 10.0. The summed E-state index contributed by atoms with van der Waals surface area (Å²) in [7, 11) is -10.6. The van der Waals surface area contributed by atoms with Gasteiger partial charge in [0, 0.05) is 46.4 Å². The Bertz CT molecular complexity index is 3580. The van der Waals surface area contributed by atoms with Gasteiger partial charge in [-0.25, -0.2) is 53.4 Å². The molecular weight excluding hydrogens is 1020 g/mol. The third kappa shape index (κ3) is 11.4. The van der Waals surface area contributed by atoms with Crippen LogP contribution < -0.4 is 10.6 Å². The smallest absolute Gasteiger partial charge is 0.252 e. The zero-order valence-electron chi connectivity index (χ0n) is 37.4. The van der Waals surface area contributed by atoms with Gasteiger partial charge in [0.05, 0.1) is 62.9 Å². The monoisotopic (exact) mass is 1060 g/mol. The number of nitrogens with zero attached hydrogens (tertiary/aromatic N) is 6. The summed E-state index contributed by atoms with van der Waals surface area (Å²) in [5.41, 5.74) is 4.02. The summed E-state index contributed by atoms with van der Waals surface area (Å²) in [6.07, 6.45) is 10.1. The first-order chi connectivity index (χ1) is 32.5. The van der Waals surface area contributed by atoms with Crippen LogP contribution in [0.15, 0.2) is 141 Å². The maximum atomic E-state index is 13.4. The van der Waals surface area contributed by atoms with E-state index in [1.54, 1.807) is 41.2 Å². The van der Waals surface area contributed by atoms with Crippen LogP contribution in [0.5, 0.6) is 0 Å². The summed E-state index contributed by atoms with van der Waals surface area (Å²) < 4.78 is 102. The van der Waals surface area contributed by atoms with Crippen molar-refractivity contribution in [1.29, 1.82) is 0 Å². The molecule has 0 saturated heterocycles. The lowest BCUT2D eigenvalue weighted by molar-refractivity contribution is 0.0928. The Morgan fingerprint density at radius 3 is 1.33 bits per heavy atom. The number of benzene rings is 4. The lowest BCUT2D eigenvalue weighted by Crippen LogP contribution is -2.28. The van der Waals surface area contributed by atoms with E-state index < -0.39 is 47.3 Å². The molecule has 8 rings (SSSR count). The summed E-state index contributed by atoms with van der Waals surface area (Å²) in [6.45, 7) is 3.75. The fourth-order valence-corrected chi connectivity index (χ4v) is 9.53. The van der Waals surface area contributed by atoms with E-state index in [-0.39, 0.29) is 38.3 Å². The van der Waals surface area contributed by atoms with Gasteiger partial charge in [0.1, 0.15) is 11.6 Å². The normalized spacial score (nSPS) is 12.8. The number of rotatable bonds is 13. The third-order valence-corrected chi connectivity index (χ3v) is 14.4. The van der Waals surface area contributed by atoms with Crippen molar-refractivity contribution in [2.45, 2.75) is 53.7 Å². The van der Waals surface area contributed by atoms with Gasteiger partial charge in [-0.2, -0.15) is 10.2 Å². The maximum absolute atomic E-state index is 13.4. The van der Waals surface area contributed by atoms with Gasteiger partial charge < -0.3 is 10.6 Å². The van der Waals surface area contributed by atoms with Gasteiger partial charge in [-0.15, -0.1) is 0 Å². The molecule has 16 nitrogen and oxygen atoms in total. The van der Waals surface area contributed by atoms with Crippen LogP contribution in [-0.4, -0.2) is 85.4 Å². The second kappa shape index (κ2) is 20.1. The number of pyridine rings is 2. The molecule has 69 heavy (non-hydrogen) atoms. The van der Waals surface area contributed by atoms with Gasteiger partial charge in [-0.3, -0.25) is 9.59 Å². The van der Waals surface area contributed by atoms with Crippen LogP contribution in [0.25, 0.3) is 33.2 Å². The van der Waals surface area contributed by atoms with Gasteiger partial charge in [0.15, 0.2) is 39.6 Å². The molecule has 8 aromatic rings. The zero-order valence-corrected chi connectivity index (χ0v) is 41.5. The first-order valence-electron chi connectivity index (χ1n) is 20.9. The minimum atomic E-state index is -3.69. The van der Waals surface area contributed by atoms with Crippen molar-refractivity contribution in [3.63, 3.8) is 0 Å². The van der Waals surface area contributed by atoms with E-state index in [1.807, 2.05) is 19.9 Å². The predicted octanol–water partition coefficient (Wildman–Crippen LogP) is 7.85. The molecular formula is C47H43BrF2N8O8S3. The van der Waals surface area contributed by atoms with E-state index in [0.29, 0.717) is 67.2 Å². The van der Waals surface area contributed by atoms with Crippen LogP contribution in [0.2, 0.25) is 0 Å². The maximum Gasteiger partial charge on any atom is 0.252 e. The van der Waals surface area contributed by atoms with Crippen molar-refractivity contribution in [3.05, 3.63) is 160 Å². The van der Waals surface area contributed by atoms with Crippen LogP contribution in [0, 0.1) is 11.6 Å². The molecule has 0 aliphatic rings. The standard InChI is InChI=1S/C24H23FN4O5S2.C23H20BrFN4O3S/c1-4-21(15-5-10-23(26-13-15)36(3,33)34)28-24(30)19-11-18(35(2,31)32)12-22-20(19)14-27-29(22)17-8-6-16(25)7-9-17;1-3-20(14-4-9-22(26-12-14)33(2,31)32)28-23(30)18-10-15(24)11-21-19(18)13-27-29(21)17-7-5-16(25)6-8-17/h5-14,21H,4H2,1-3H3,(H,28,30);4-13,20H,3H2,1-2H3,(H,28,30)/t21-;20-/m00/s1. The van der Waals surface area contributed by atoms with Crippen molar-refractivity contribution >= 4 is 79.1 Å². The second-order valence-electron chi connectivity index (χ2n) is 15.9. The molecule has 0 fully saturated rings. The van der Waals surface area contributed by atoms with Gasteiger partial charge in [0.25, 0.3) is 11.8 Å². The fourth-order valence-electron chi connectivity index (χ4n) is 7.31. The van der Waals surface area contributed by atoms with E-state index in [2.05, 4.69) is 46.7 Å². The van der Waals surface area contributed by atoms with Gasteiger partial charge in [0.2, 0.25) is 0 Å². The molecule has 0 aliphatic carbocycles. The Kier molecular flexibility index (Phi) is 14.6.